The minimum absolute atomic E-state index is 0.0579. The molecule has 1 amide bonds. The van der Waals surface area contributed by atoms with Gasteiger partial charge in [0.25, 0.3) is 0 Å². The number of rotatable bonds is 7. The van der Waals surface area contributed by atoms with Crippen LogP contribution in [-0.4, -0.2) is 38.1 Å². The van der Waals surface area contributed by atoms with E-state index in [4.69, 9.17) is 21.1 Å². The number of ether oxygens (including phenoxy) is 2. The zero-order chi connectivity index (χ0) is 20.1. The van der Waals surface area contributed by atoms with Crippen LogP contribution in [0.25, 0.3) is 10.8 Å². The molecular formula is C23H24ClNO3. The molecule has 0 aromatic heterocycles. The number of likely N-dealkylation sites (N-methyl/N-ethyl adjacent to an activating group) is 1. The smallest absolute Gasteiger partial charge is 0.229 e. The second-order valence-corrected chi connectivity index (χ2v) is 7.20. The lowest BCUT2D eigenvalue weighted by atomic mass is 9.96. The fourth-order valence-electron chi connectivity index (χ4n) is 3.08. The Morgan fingerprint density at radius 1 is 1.04 bits per heavy atom. The van der Waals surface area contributed by atoms with Crippen LogP contribution in [0.15, 0.2) is 60.7 Å². The highest BCUT2D eigenvalue weighted by Crippen LogP contribution is 2.26. The molecule has 3 aromatic rings. The number of hydrogen-bond donors (Lipinski definition) is 0. The molecule has 0 unspecified atom stereocenters. The third-order valence-corrected chi connectivity index (χ3v) is 5.04. The lowest BCUT2D eigenvalue weighted by Gasteiger charge is -2.22. The molecule has 4 nitrogen and oxygen atoms in total. The minimum Gasteiger partial charge on any atom is -0.497 e. The highest BCUT2D eigenvalue weighted by atomic mass is 35.5. The largest absolute Gasteiger partial charge is 0.497 e. The fourth-order valence-corrected chi connectivity index (χ4v) is 3.26. The van der Waals surface area contributed by atoms with Gasteiger partial charge < -0.3 is 14.4 Å². The molecular weight excluding hydrogens is 374 g/mol. The van der Waals surface area contributed by atoms with Crippen molar-refractivity contribution in [2.24, 2.45) is 0 Å². The van der Waals surface area contributed by atoms with Crippen molar-refractivity contribution in [1.29, 1.82) is 0 Å². The van der Waals surface area contributed by atoms with E-state index in [2.05, 4.69) is 6.07 Å². The van der Waals surface area contributed by atoms with Gasteiger partial charge in [0.15, 0.2) is 0 Å². The quantitative estimate of drug-likeness (QED) is 0.554. The monoisotopic (exact) mass is 397 g/mol. The summed E-state index contributed by atoms with van der Waals surface area (Å²) in [5.41, 5.74) is 0.991. The fraction of sp³-hybridized carbons (Fsp3) is 0.261. The molecule has 0 heterocycles. The normalized spacial score (nSPS) is 11.9. The van der Waals surface area contributed by atoms with Crippen LogP contribution in [0.2, 0.25) is 5.02 Å². The third kappa shape index (κ3) is 4.76. The second kappa shape index (κ2) is 8.98. The first kappa shape index (κ1) is 20.0. The van der Waals surface area contributed by atoms with Gasteiger partial charge in [0, 0.05) is 12.1 Å². The molecule has 0 saturated carbocycles. The number of halogens is 1. The van der Waals surface area contributed by atoms with E-state index >= 15 is 0 Å². The Kier molecular flexibility index (Phi) is 6.42. The number of carbonyl (C=O) groups excluding carboxylic acids is 1. The van der Waals surface area contributed by atoms with Crippen LogP contribution in [0.4, 0.5) is 0 Å². The minimum atomic E-state index is -0.234. The van der Waals surface area contributed by atoms with Gasteiger partial charge in [-0.15, -0.1) is 0 Å². The molecule has 146 valence electrons. The predicted octanol–water partition coefficient (Wildman–Crippen LogP) is 5.14. The second-order valence-electron chi connectivity index (χ2n) is 6.76. The first-order valence-corrected chi connectivity index (χ1v) is 9.57. The van der Waals surface area contributed by atoms with Crippen molar-refractivity contribution in [1.82, 2.24) is 4.90 Å². The van der Waals surface area contributed by atoms with E-state index in [0.29, 0.717) is 23.9 Å². The van der Waals surface area contributed by atoms with E-state index in [1.54, 1.807) is 31.2 Å². The van der Waals surface area contributed by atoms with Crippen LogP contribution in [0.1, 0.15) is 18.4 Å². The molecule has 0 spiro atoms. The summed E-state index contributed by atoms with van der Waals surface area (Å²) in [7, 11) is 3.45. The van der Waals surface area contributed by atoms with Crippen LogP contribution >= 0.6 is 11.6 Å². The predicted molar refractivity (Wildman–Crippen MR) is 113 cm³/mol. The van der Waals surface area contributed by atoms with Gasteiger partial charge in [-0.2, -0.15) is 0 Å². The van der Waals surface area contributed by atoms with Gasteiger partial charge in [-0.3, -0.25) is 4.79 Å². The van der Waals surface area contributed by atoms with Crippen molar-refractivity contribution >= 4 is 28.3 Å². The average Bonchev–Trinajstić information content (AvgIpc) is 2.71. The Balaban J connectivity index is 1.61. The molecule has 5 heteroatoms. The number of fused-ring (bicyclic) bond motifs is 1. The lowest BCUT2D eigenvalue weighted by Crippen LogP contribution is -2.34. The van der Waals surface area contributed by atoms with Crippen molar-refractivity contribution < 1.29 is 14.3 Å². The molecule has 3 aromatic carbocycles. The molecule has 0 aliphatic carbocycles. The highest BCUT2D eigenvalue weighted by Gasteiger charge is 2.19. The molecule has 0 N–H and O–H groups in total. The highest BCUT2D eigenvalue weighted by molar-refractivity contribution is 6.30. The van der Waals surface area contributed by atoms with Gasteiger partial charge >= 0.3 is 0 Å². The molecule has 0 fully saturated rings. The third-order valence-electron chi connectivity index (χ3n) is 4.81. The number of hydrogen-bond acceptors (Lipinski definition) is 3. The number of carbonyl (C=O) groups is 1. The van der Waals surface area contributed by atoms with Crippen molar-refractivity contribution in [3.63, 3.8) is 0 Å². The van der Waals surface area contributed by atoms with E-state index in [0.717, 1.165) is 22.1 Å². The molecule has 0 saturated heterocycles. The topological polar surface area (TPSA) is 38.8 Å². The summed E-state index contributed by atoms with van der Waals surface area (Å²) >= 11 is 5.95. The average molecular weight is 398 g/mol. The summed E-state index contributed by atoms with van der Waals surface area (Å²) in [6.45, 7) is 2.84. The van der Waals surface area contributed by atoms with Crippen LogP contribution in [-0.2, 0) is 4.79 Å². The van der Waals surface area contributed by atoms with Crippen molar-refractivity contribution in [3.8, 4) is 11.5 Å². The summed E-state index contributed by atoms with van der Waals surface area (Å²) in [6, 6.07) is 19.3. The molecule has 0 bridgehead atoms. The van der Waals surface area contributed by atoms with Crippen molar-refractivity contribution in [3.05, 3.63) is 71.2 Å². The molecule has 0 aliphatic heterocycles. The maximum Gasteiger partial charge on any atom is 0.229 e. The zero-order valence-electron chi connectivity index (χ0n) is 16.3. The van der Waals surface area contributed by atoms with E-state index in [1.165, 1.54) is 0 Å². The lowest BCUT2D eigenvalue weighted by molar-refractivity contribution is -0.131. The summed E-state index contributed by atoms with van der Waals surface area (Å²) in [6.07, 6.45) is 0. The molecule has 0 aliphatic rings. The van der Waals surface area contributed by atoms with Gasteiger partial charge in [0.2, 0.25) is 5.91 Å². The van der Waals surface area contributed by atoms with Crippen LogP contribution in [0.3, 0.4) is 0 Å². The van der Waals surface area contributed by atoms with E-state index in [-0.39, 0.29) is 11.8 Å². The maximum atomic E-state index is 12.8. The van der Waals surface area contributed by atoms with Crippen LogP contribution in [0.5, 0.6) is 11.5 Å². The van der Waals surface area contributed by atoms with Gasteiger partial charge in [0.05, 0.1) is 19.6 Å². The summed E-state index contributed by atoms with van der Waals surface area (Å²) in [5.74, 6) is 1.35. The number of nitrogens with zero attached hydrogens (tertiary/aromatic N) is 1. The van der Waals surface area contributed by atoms with Gasteiger partial charge in [-0.1, -0.05) is 41.9 Å². The SMILES string of the molecule is COc1ccc2cc([C@H](C)C(=O)N(C)CCOc3cccc(Cl)c3)ccc2c1. The van der Waals surface area contributed by atoms with Gasteiger partial charge in [0.1, 0.15) is 18.1 Å². The first-order chi connectivity index (χ1) is 13.5. The molecule has 3 rings (SSSR count). The van der Waals surface area contributed by atoms with Crippen LogP contribution < -0.4 is 9.47 Å². The number of amides is 1. The zero-order valence-corrected chi connectivity index (χ0v) is 17.1. The molecule has 0 radical (unpaired) electrons. The first-order valence-electron chi connectivity index (χ1n) is 9.19. The van der Waals surface area contributed by atoms with E-state index in [9.17, 15) is 4.79 Å². The summed E-state index contributed by atoms with van der Waals surface area (Å²) < 4.78 is 10.9. The summed E-state index contributed by atoms with van der Waals surface area (Å²) in [4.78, 5) is 14.5. The Morgan fingerprint density at radius 2 is 1.79 bits per heavy atom. The summed E-state index contributed by atoms with van der Waals surface area (Å²) in [5, 5.41) is 2.81. The van der Waals surface area contributed by atoms with E-state index in [1.807, 2.05) is 49.4 Å². The van der Waals surface area contributed by atoms with Crippen LogP contribution in [0, 0.1) is 0 Å². The van der Waals surface area contributed by atoms with Crippen molar-refractivity contribution in [2.75, 3.05) is 27.3 Å². The van der Waals surface area contributed by atoms with E-state index < -0.39 is 0 Å². The van der Waals surface area contributed by atoms with Gasteiger partial charge in [-0.05, 0) is 53.6 Å². The standard InChI is InChI=1S/C23H24ClNO3/c1-16(17-7-8-19-14-21(27-3)10-9-18(19)13-17)23(26)25(2)11-12-28-22-6-4-5-20(24)15-22/h4-10,13-16H,11-12H2,1-3H3/t16-/m0/s1. The Hall–Kier alpha value is -2.72. The van der Waals surface area contributed by atoms with Crippen molar-refractivity contribution in [2.45, 2.75) is 12.8 Å². The maximum absolute atomic E-state index is 12.8. The Morgan fingerprint density at radius 3 is 2.54 bits per heavy atom. The Bertz CT molecular complexity index is 973. The number of benzene rings is 3. The molecule has 28 heavy (non-hydrogen) atoms. The Labute approximate surface area is 170 Å². The number of methoxy groups -OCH3 is 1. The van der Waals surface area contributed by atoms with Gasteiger partial charge in [-0.25, -0.2) is 0 Å². The molecule has 1 atom stereocenters.